The first-order valence-corrected chi connectivity index (χ1v) is 5.85. The minimum Gasteiger partial charge on any atom is -0.476 e. The van der Waals surface area contributed by atoms with E-state index in [0.29, 0.717) is 29.3 Å². The second-order valence-corrected chi connectivity index (χ2v) is 3.82. The minimum atomic E-state index is 0.264. The second-order valence-electron chi connectivity index (χ2n) is 3.82. The molecule has 0 saturated carbocycles. The Morgan fingerprint density at radius 2 is 2.06 bits per heavy atom. The van der Waals surface area contributed by atoms with Crippen LogP contribution >= 0.6 is 0 Å². The van der Waals surface area contributed by atoms with Crippen LogP contribution in [0.15, 0.2) is 12.1 Å². The molecule has 2 N–H and O–H groups in total. The van der Waals surface area contributed by atoms with Gasteiger partial charge in [0.05, 0.1) is 13.7 Å². The van der Waals surface area contributed by atoms with Gasteiger partial charge in [0.1, 0.15) is 11.3 Å². The number of methoxy groups -OCH3 is 1. The molecular formula is C12H16N4O2. The van der Waals surface area contributed by atoms with Gasteiger partial charge in [-0.3, -0.25) is 0 Å². The molecule has 0 fully saturated rings. The number of aromatic nitrogens is 3. The number of fused-ring (bicyclic) bond motifs is 1. The van der Waals surface area contributed by atoms with Crippen LogP contribution in [0, 0.1) is 0 Å². The van der Waals surface area contributed by atoms with Gasteiger partial charge < -0.3 is 15.2 Å². The van der Waals surface area contributed by atoms with Crippen molar-refractivity contribution in [1.29, 1.82) is 0 Å². The predicted octanol–water partition coefficient (Wildman–Crippen LogP) is 1.79. The Labute approximate surface area is 105 Å². The first kappa shape index (κ1) is 12.3. The van der Waals surface area contributed by atoms with Crippen LogP contribution in [0.5, 0.6) is 11.9 Å². The molecule has 0 bridgehead atoms. The third-order valence-corrected chi connectivity index (χ3v) is 2.43. The molecule has 2 aromatic heterocycles. The van der Waals surface area contributed by atoms with Gasteiger partial charge >= 0.3 is 6.01 Å². The van der Waals surface area contributed by atoms with E-state index in [1.807, 2.05) is 0 Å². The van der Waals surface area contributed by atoms with Gasteiger partial charge in [0.15, 0.2) is 5.52 Å². The molecule has 0 amide bonds. The number of nitrogens with two attached hydrogens (primary N) is 1. The minimum absolute atomic E-state index is 0.264. The van der Waals surface area contributed by atoms with Gasteiger partial charge in [-0.15, -0.1) is 0 Å². The molecule has 18 heavy (non-hydrogen) atoms. The fraction of sp³-hybridized carbons (Fsp3) is 0.417. The Bertz CT molecular complexity index is 545. The van der Waals surface area contributed by atoms with Crippen molar-refractivity contribution in [2.45, 2.75) is 19.8 Å². The van der Waals surface area contributed by atoms with Crippen LogP contribution in [-0.4, -0.2) is 28.7 Å². The molecule has 6 nitrogen and oxygen atoms in total. The molecule has 96 valence electrons. The van der Waals surface area contributed by atoms with Crippen LogP contribution in [0.2, 0.25) is 0 Å². The highest BCUT2D eigenvalue weighted by Crippen LogP contribution is 2.24. The molecule has 2 rings (SSSR count). The molecule has 0 aliphatic carbocycles. The van der Waals surface area contributed by atoms with Gasteiger partial charge in [-0.05, 0) is 18.6 Å². The zero-order valence-corrected chi connectivity index (χ0v) is 10.5. The maximum Gasteiger partial charge on any atom is 0.320 e. The fourth-order valence-electron chi connectivity index (χ4n) is 1.49. The van der Waals surface area contributed by atoms with Gasteiger partial charge in [-0.25, -0.2) is 4.98 Å². The highest BCUT2D eigenvalue weighted by molar-refractivity contribution is 5.80. The van der Waals surface area contributed by atoms with Gasteiger partial charge in [0.2, 0.25) is 5.88 Å². The highest BCUT2D eigenvalue weighted by Gasteiger charge is 2.11. The van der Waals surface area contributed by atoms with Crippen molar-refractivity contribution in [2.75, 3.05) is 19.5 Å². The van der Waals surface area contributed by atoms with Gasteiger partial charge in [0, 0.05) is 0 Å². The summed E-state index contributed by atoms with van der Waals surface area (Å²) in [6.07, 6.45) is 2.01. The Kier molecular flexibility index (Phi) is 3.76. The number of hydrogen-bond donors (Lipinski definition) is 1. The van der Waals surface area contributed by atoms with Crippen LogP contribution in [0.1, 0.15) is 19.8 Å². The maximum atomic E-state index is 5.66. The standard InChI is InChI=1S/C12H16N4O2/c1-3-4-7-18-11-10-8(5-6-9(13)15-10)14-12(16-11)17-2/h5-6H,3-4,7H2,1-2H3,(H2,13,15). The lowest BCUT2D eigenvalue weighted by atomic mass is 10.3. The van der Waals surface area contributed by atoms with Gasteiger partial charge in [-0.1, -0.05) is 13.3 Å². The number of ether oxygens (including phenoxy) is 2. The van der Waals surface area contributed by atoms with E-state index in [2.05, 4.69) is 21.9 Å². The van der Waals surface area contributed by atoms with E-state index in [0.717, 1.165) is 12.8 Å². The van der Waals surface area contributed by atoms with Crippen molar-refractivity contribution in [3.63, 3.8) is 0 Å². The quantitative estimate of drug-likeness (QED) is 0.812. The number of pyridine rings is 1. The zero-order chi connectivity index (χ0) is 13.0. The Balaban J connectivity index is 2.42. The van der Waals surface area contributed by atoms with Crippen LogP contribution < -0.4 is 15.2 Å². The predicted molar refractivity (Wildman–Crippen MR) is 68.7 cm³/mol. The maximum absolute atomic E-state index is 5.66. The molecule has 2 heterocycles. The van der Waals surface area contributed by atoms with Crippen LogP contribution in [-0.2, 0) is 0 Å². The number of nitrogens with zero attached hydrogens (tertiary/aromatic N) is 3. The first-order valence-electron chi connectivity index (χ1n) is 5.85. The van der Waals surface area contributed by atoms with Gasteiger partial charge in [0.25, 0.3) is 0 Å². The molecule has 2 aromatic rings. The molecule has 0 saturated heterocycles. The van der Waals surface area contributed by atoms with Crippen molar-refractivity contribution >= 4 is 16.9 Å². The van der Waals surface area contributed by atoms with E-state index in [1.165, 1.54) is 7.11 Å². The summed E-state index contributed by atoms with van der Waals surface area (Å²) in [6.45, 7) is 2.68. The van der Waals surface area contributed by atoms with E-state index in [4.69, 9.17) is 15.2 Å². The van der Waals surface area contributed by atoms with Crippen LogP contribution in [0.4, 0.5) is 5.82 Å². The summed E-state index contributed by atoms with van der Waals surface area (Å²) in [5.41, 5.74) is 6.88. The molecule has 0 spiro atoms. The molecule has 0 radical (unpaired) electrons. The van der Waals surface area contributed by atoms with E-state index < -0.39 is 0 Å². The number of anilines is 1. The Hall–Kier alpha value is -2.11. The summed E-state index contributed by atoms with van der Waals surface area (Å²) in [5.74, 6) is 0.828. The molecule has 0 aromatic carbocycles. The van der Waals surface area contributed by atoms with E-state index in [1.54, 1.807) is 12.1 Å². The third-order valence-electron chi connectivity index (χ3n) is 2.43. The summed E-state index contributed by atoms with van der Waals surface area (Å²) in [5, 5.41) is 0. The monoisotopic (exact) mass is 248 g/mol. The average Bonchev–Trinajstić information content (AvgIpc) is 2.39. The smallest absolute Gasteiger partial charge is 0.320 e. The lowest BCUT2D eigenvalue weighted by Gasteiger charge is -2.08. The Morgan fingerprint density at radius 3 is 2.78 bits per heavy atom. The number of hydrogen-bond acceptors (Lipinski definition) is 6. The summed E-state index contributed by atoms with van der Waals surface area (Å²) in [7, 11) is 1.52. The second kappa shape index (κ2) is 5.48. The summed E-state index contributed by atoms with van der Waals surface area (Å²) in [4.78, 5) is 12.6. The molecule has 0 aliphatic rings. The van der Waals surface area contributed by atoms with Crippen molar-refractivity contribution in [1.82, 2.24) is 15.0 Å². The molecule has 0 unspecified atom stereocenters. The first-order chi connectivity index (χ1) is 8.74. The normalized spacial score (nSPS) is 10.6. The van der Waals surface area contributed by atoms with Crippen molar-refractivity contribution < 1.29 is 9.47 Å². The molecule has 6 heteroatoms. The van der Waals surface area contributed by atoms with Crippen LogP contribution in [0.25, 0.3) is 11.0 Å². The topological polar surface area (TPSA) is 83.2 Å². The molecular weight excluding hydrogens is 232 g/mol. The largest absolute Gasteiger partial charge is 0.476 e. The van der Waals surface area contributed by atoms with Crippen molar-refractivity contribution in [3.05, 3.63) is 12.1 Å². The number of unbranched alkanes of at least 4 members (excludes halogenated alkanes) is 1. The van der Waals surface area contributed by atoms with Gasteiger partial charge in [-0.2, -0.15) is 9.97 Å². The Morgan fingerprint density at radius 1 is 1.22 bits per heavy atom. The van der Waals surface area contributed by atoms with E-state index in [9.17, 15) is 0 Å². The summed E-state index contributed by atoms with van der Waals surface area (Å²) in [6, 6.07) is 3.72. The van der Waals surface area contributed by atoms with Crippen LogP contribution in [0.3, 0.4) is 0 Å². The SMILES string of the molecule is CCCCOc1nc(OC)nc2ccc(N)nc12. The highest BCUT2D eigenvalue weighted by atomic mass is 16.5. The van der Waals surface area contributed by atoms with E-state index >= 15 is 0 Å². The average molecular weight is 248 g/mol. The van der Waals surface area contributed by atoms with E-state index in [-0.39, 0.29) is 6.01 Å². The zero-order valence-electron chi connectivity index (χ0n) is 10.5. The number of nitrogen functional groups attached to an aromatic ring is 1. The molecule has 0 atom stereocenters. The fourth-order valence-corrected chi connectivity index (χ4v) is 1.49. The lowest BCUT2D eigenvalue weighted by molar-refractivity contribution is 0.292. The van der Waals surface area contributed by atoms with Crippen molar-refractivity contribution in [2.24, 2.45) is 0 Å². The third kappa shape index (κ3) is 2.58. The summed E-state index contributed by atoms with van der Waals surface area (Å²) < 4.78 is 10.6. The lowest BCUT2D eigenvalue weighted by Crippen LogP contribution is -2.04. The van der Waals surface area contributed by atoms with Crippen molar-refractivity contribution in [3.8, 4) is 11.9 Å². The molecule has 0 aliphatic heterocycles. The summed E-state index contributed by atoms with van der Waals surface area (Å²) >= 11 is 0. The number of rotatable bonds is 5.